The van der Waals surface area contributed by atoms with Gasteiger partial charge in [-0.1, -0.05) is 18.2 Å². The fourth-order valence-corrected chi connectivity index (χ4v) is 3.70. The van der Waals surface area contributed by atoms with E-state index in [4.69, 9.17) is 15.7 Å². The molecule has 0 atom stereocenters. The Morgan fingerprint density at radius 2 is 1.77 bits per heavy atom. The lowest BCUT2D eigenvalue weighted by Gasteiger charge is -2.02. The summed E-state index contributed by atoms with van der Waals surface area (Å²) in [7, 11) is 0. The fourth-order valence-electron chi connectivity index (χ4n) is 3.70. The number of nitrogens with zero attached hydrogens (tertiary/aromatic N) is 5. The highest BCUT2D eigenvalue weighted by Gasteiger charge is 2.17. The van der Waals surface area contributed by atoms with Gasteiger partial charge in [-0.15, -0.1) is 0 Å². The number of H-pyrrole nitrogens is 2. The molecule has 6 rings (SSSR count). The fraction of sp³-hybridized carbons (Fsp3) is 0. The van der Waals surface area contributed by atoms with Crippen LogP contribution in [0.4, 0.5) is 5.69 Å². The molecule has 5 heterocycles. The number of hydrogen-bond acceptors (Lipinski definition) is 6. The molecule has 0 saturated carbocycles. The van der Waals surface area contributed by atoms with Gasteiger partial charge >= 0.3 is 0 Å². The Bertz CT molecular complexity index is 1550. The van der Waals surface area contributed by atoms with Gasteiger partial charge in [0.05, 0.1) is 33.6 Å². The van der Waals surface area contributed by atoms with E-state index in [0.29, 0.717) is 17.2 Å². The number of hydrogen-bond donors (Lipinski definition) is 3. The third kappa shape index (κ3) is 2.89. The van der Waals surface area contributed by atoms with Gasteiger partial charge in [0, 0.05) is 29.7 Å². The summed E-state index contributed by atoms with van der Waals surface area (Å²) < 4.78 is 0. The highest BCUT2D eigenvalue weighted by molar-refractivity contribution is 5.95. The van der Waals surface area contributed by atoms with Crippen LogP contribution in [0.2, 0.25) is 0 Å². The van der Waals surface area contributed by atoms with Gasteiger partial charge in [0.15, 0.2) is 11.5 Å². The first kappa shape index (κ1) is 17.3. The molecular weight excluding hydrogens is 388 g/mol. The van der Waals surface area contributed by atoms with E-state index in [1.807, 2.05) is 54.6 Å². The zero-order valence-corrected chi connectivity index (χ0v) is 16.2. The number of fused-ring (bicyclic) bond motifs is 2. The molecule has 8 nitrogen and oxygen atoms in total. The van der Waals surface area contributed by atoms with E-state index in [9.17, 15) is 0 Å². The predicted molar refractivity (Wildman–Crippen MR) is 120 cm³/mol. The summed E-state index contributed by atoms with van der Waals surface area (Å²) in [5.74, 6) is 0.639. The molecular formula is C23H16N8. The Morgan fingerprint density at radius 3 is 2.65 bits per heavy atom. The molecule has 0 amide bonds. The number of para-hydroxylation sites is 1. The zero-order valence-electron chi connectivity index (χ0n) is 16.2. The summed E-state index contributed by atoms with van der Waals surface area (Å²) in [4.78, 5) is 21.7. The van der Waals surface area contributed by atoms with Gasteiger partial charge in [-0.25, -0.2) is 9.97 Å². The minimum atomic E-state index is 0.589. The molecule has 0 unspecified atom stereocenters. The highest BCUT2D eigenvalue weighted by Crippen LogP contribution is 2.31. The Labute approximate surface area is 176 Å². The van der Waals surface area contributed by atoms with Crippen molar-refractivity contribution in [1.29, 1.82) is 0 Å². The van der Waals surface area contributed by atoms with Crippen molar-refractivity contribution in [3.05, 3.63) is 73.2 Å². The van der Waals surface area contributed by atoms with Crippen LogP contribution in [0.25, 0.3) is 56.1 Å². The number of aromatic amines is 2. The second-order valence-corrected chi connectivity index (χ2v) is 7.17. The maximum absolute atomic E-state index is 5.89. The smallest absolute Gasteiger partial charge is 0.161 e. The lowest BCUT2D eigenvalue weighted by Crippen LogP contribution is -1.90. The maximum atomic E-state index is 5.89. The molecule has 0 aliphatic rings. The molecule has 0 bridgehead atoms. The van der Waals surface area contributed by atoms with Crippen molar-refractivity contribution >= 4 is 27.8 Å². The average molecular weight is 404 g/mol. The van der Waals surface area contributed by atoms with Crippen molar-refractivity contribution in [2.75, 3.05) is 5.73 Å². The lowest BCUT2D eigenvalue weighted by molar-refractivity contribution is 1.10. The van der Waals surface area contributed by atoms with E-state index in [1.54, 1.807) is 18.6 Å². The monoisotopic (exact) mass is 404 g/mol. The van der Waals surface area contributed by atoms with Crippen molar-refractivity contribution in [1.82, 2.24) is 35.1 Å². The summed E-state index contributed by atoms with van der Waals surface area (Å²) in [5, 5.41) is 7.52. The Balaban J connectivity index is 1.51. The van der Waals surface area contributed by atoms with E-state index < -0.39 is 0 Å². The Morgan fingerprint density at radius 1 is 0.806 bits per heavy atom. The Hall–Kier alpha value is -4.59. The van der Waals surface area contributed by atoms with Gasteiger partial charge in [0.2, 0.25) is 0 Å². The molecule has 0 radical (unpaired) electrons. The van der Waals surface area contributed by atoms with E-state index in [-0.39, 0.29) is 0 Å². The number of nitrogens with two attached hydrogens (primary N) is 1. The van der Waals surface area contributed by atoms with Crippen molar-refractivity contribution in [2.45, 2.75) is 0 Å². The van der Waals surface area contributed by atoms with Crippen LogP contribution in [-0.4, -0.2) is 35.1 Å². The number of pyridine rings is 3. The third-order valence-corrected chi connectivity index (χ3v) is 5.14. The SMILES string of the molecule is Nc1cncc(-c2ccc3[nH]nc(-c4nc5c(-c6ccccn6)cccc5[nH]4)c3n2)c1. The van der Waals surface area contributed by atoms with E-state index >= 15 is 0 Å². The van der Waals surface area contributed by atoms with Crippen LogP contribution in [0.5, 0.6) is 0 Å². The number of anilines is 1. The van der Waals surface area contributed by atoms with E-state index in [1.165, 1.54) is 0 Å². The average Bonchev–Trinajstić information content (AvgIpc) is 3.43. The number of rotatable bonds is 3. The molecule has 0 saturated heterocycles. The first-order valence-corrected chi connectivity index (χ1v) is 9.73. The number of benzene rings is 1. The minimum absolute atomic E-state index is 0.589. The molecule has 5 aromatic heterocycles. The zero-order chi connectivity index (χ0) is 20.8. The van der Waals surface area contributed by atoms with E-state index in [0.717, 1.165) is 44.6 Å². The molecule has 4 N–H and O–H groups in total. The van der Waals surface area contributed by atoms with Gasteiger partial charge in [-0.3, -0.25) is 15.1 Å². The second kappa shape index (κ2) is 6.74. The van der Waals surface area contributed by atoms with Gasteiger partial charge in [-0.05, 0) is 36.4 Å². The maximum Gasteiger partial charge on any atom is 0.161 e. The van der Waals surface area contributed by atoms with Crippen LogP contribution in [0.1, 0.15) is 0 Å². The van der Waals surface area contributed by atoms with Crippen LogP contribution in [-0.2, 0) is 0 Å². The molecule has 0 aliphatic carbocycles. The second-order valence-electron chi connectivity index (χ2n) is 7.17. The molecule has 0 fully saturated rings. The van der Waals surface area contributed by atoms with Crippen molar-refractivity contribution in [3.8, 4) is 34.0 Å². The van der Waals surface area contributed by atoms with Crippen molar-refractivity contribution in [2.24, 2.45) is 0 Å². The lowest BCUT2D eigenvalue weighted by atomic mass is 10.1. The molecule has 1 aromatic carbocycles. The molecule has 31 heavy (non-hydrogen) atoms. The normalized spacial score (nSPS) is 11.4. The predicted octanol–water partition coefficient (Wildman–Crippen LogP) is 4.21. The molecule has 0 spiro atoms. The molecule has 8 heteroatoms. The van der Waals surface area contributed by atoms with Crippen LogP contribution in [0.3, 0.4) is 0 Å². The largest absolute Gasteiger partial charge is 0.397 e. The third-order valence-electron chi connectivity index (χ3n) is 5.14. The standard InChI is InChI=1S/C23H16N8/c24-14-10-13(11-25-12-14)16-7-8-19-21(27-16)22(31-30-19)23-28-18-6-3-4-15(20(18)29-23)17-5-1-2-9-26-17/h1-12H,24H2,(H,28,29)(H,30,31). The summed E-state index contributed by atoms with van der Waals surface area (Å²) in [5.41, 5.74) is 13.8. The summed E-state index contributed by atoms with van der Waals surface area (Å²) in [6.07, 6.45) is 5.13. The number of nitrogens with one attached hydrogen (secondary N) is 2. The minimum Gasteiger partial charge on any atom is -0.397 e. The highest BCUT2D eigenvalue weighted by atomic mass is 15.1. The quantitative estimate of drug-likeness (QED) is 0.406. The number of aromatic nitrogens is 7. The van der Waals surface area contributed by atoms with E-state index in [2.05, 4.69) is 25.1 Å². The Kier molecular flexibility index (Phi) is 3.76. The summed E-state index contributed by atoms with van der Waals surface area (Å²) >= 11 is 0. The number of nitrogen functional groups attached to an aromatic ring is 1. The molecule has 148 valence electrons. The van der Waals surface area contributed by atoms with Crippen molar-refractivity contribution in [3.63, 3.8) is 0 Å². The van der Waals surface area contributed by atoms with Crippen LogP contribution in [0.15, 0.2) is 73.2 Å². The van der Waals surface area contributed by atoms with Crippen LogP contribution >= 0.6 is 0 Å². The van der Waals surface area contributed by atoms with Crippen molar-refractivity contribution < 1.29 is 0 Å². The molecule has 0 aliphatic heterocycles. The van der Waals surface area contributed by atoms with Gasteiger partial charge < -0.3 is 10.7 Å². The topological polar surface area (TPSA) is 122 Å². The first-order valence-electron chi connectivity index (χ1n) is 9.73. The van der Waals surface area contributed by atoms with Gasteiger partial charge in [-0.2, -0.15) is 5.10 Å². The summed E-state index contributed by atoms with van der Waals surface area (Å²) in [6, 6.07) is 17.5. The first-order chi connectivity index (χ1) is 15.3. The molecule has 6 aromatic rings. The number of imidazole rings is 1. The van der Waals surface area contributed by atoms with Gasteiger partial charge in [0.1, 0.15) is 5.52 Å². The van der Waals surface area contributed by atoms with Crippen LogP contribution < -0.4 is 5.73 Å². The van der Waals surface area contributed by atoms with Crippen LogP contribution in [0, 0.1) is 0 Å². The summed E-state index contributed by atoms with van der Waals surface area (Å²) in [6.45, 7) is 0. The van der Waals surface area contributed by atoms with Gasteiger partial charge in [0.25, 0.3) is 0 Å².